The van der Waals surface area contributed by atoms with Crippen LogP contribution in [0.3, 0.4) is 0 Å². The number of benzene rings is 1. The predicted molar refractivity (Wildman–Crippen MR) is 67.9 cm³/mol. The summed E-state index contributed by atoms with van der Waals surface area (Å²) in [5.74, 6) is -0.519. The van der Waals surface area contributed by atoms with Crippen molar-refractivity contribution >= 4 is 11.6 Å². The molecule has 0 saturated heterocycles. The molecule has 1 N–H and O–H groups in total. The fourth-order valence-electron chi connectivity index (χ4n) is 1.79. The largest absolute Gasteiger partial charge is 0.390 e. The molecular formula is C13H16ClF4N. The third kappa shape index (κ3) is 4.99. The molecule has 0 aliphatic heterocycles. The lowest BCUT2D eigenvalue weighted by atomic mass is 10.0. The van der Waals surface area contributed by atoms with Crippen molar-refractivity contribution in [2.75, 3.05) is 6.54 Å². The van der Waals surface area contributed by atoms with Gasteiger partial charge in [0.1, 0.15) is 5.82 Å². The number of nitrogens with one attached hydrogen (secondary N) is 1. The average molecular weight is 298 g/mol. The van der Waals surface area contributed by atoms with E-state index in [1.165, 1.54) is 13.0 Å². The van der Waals surface area contributed by atoms with Crippen molar-refractivity contribution < 1.29 is 17.6 Å². The molecule has 1 aromatic carbocycles. The second-order valence-corrected chi connectivity index (χ2v) is 4.86. The minimum absolute atomic E-state index is 0.0148. The summed E-state index contributed by atoms with van der Waals surface area (Å²) in [6.07, 6.45) is -4.64. The van der Waals surface area contributed by atoms with Crippen LogP contribution in [0.2, 0.25) is 5.02 Å². The van der Waals surface area contributed by atoms with Crippen molar-refractivity contribution in [1.82, 2.24) is 5.32 Å². The monoisotopic (exact) mass is 297 g/mol. The molecule has 0 saturated carbocycles. The molecule has 1 aromatic rings. The van der Waals surface area contributed by atoms with Crippen LogP contribution in [-0.4, -0.2) is 12.7 Å². The van der Waals surface area contributed by atoms with Gasteiger partial charge in [-0.25, -0.2) is 4.39 Å². The van der Waals surface area contributed by atoms with E-state index in [1.807, 2.05) is 6.92 Å². The van der Waals surface area contributed by atoms with E-state index in [2.05, 4.69) is 5.32 Å². The lowest BCUT2D eigenvalue weighted by Gasteiger charge is -2.22. The Kier molecular flexibility index (Phi) is 5.62. The van der Waals surface area contributed by atoms with Crippen LogP contribution in [0.5, 0.6) is 0 Å². The Morgan fingerprint density at radius 3 is 2.47 bits per heavy atom. The lowest BCUT2D eigenvalue weighted by Crippen LogP contribution is -2.27. The van der Waals surface area contributed by atoms with Crippen molar-refractivity contribution in [2.45, 2.75) is 38.9 Å². The molecule has 1 nitrogen and oxygen atoms in total. The zero-order valence-corrected chi connectivity index (χ0v) is 11.5. The van der Waals surface area contributed by atoms with Crippen LogP contribution in [0, 0.1) is 12.7 Å². The van der Waals surface area contributed by atoms with Gasteiger partial charge in [0.15, 0.2) is 0 Å². The molecule has 0 aliphatic rings. The van der Waals surface area contributed by atoms with Crippen molar-refractivity contribution in [3.8, 4) is 0 Å². The van der Waals surface area contributed by atoms with Gasteiger partial charge in [-0.1, -0.05) is 24.6 Å². The molecule has 0 amide bonds. The Balaban J connectivity index is 3.06. The van der Waals surface area contributed by atoms with E-state index >= 15 is 0 Å². The molecule has 1 unspecified atom stereocenters. The quantitative estimate of drug-likeness (QED) is 0.771. The van der Waals surface area contributed by atoms with E-state index in [4.69, 9.17) is 11.6 Å². The summed E-state index contributed by atoms with van der Waals surface area (Å²) < 4.78 is 51.0. The third-order valence-electron chi connectivity index (χ3n) is 2.73. The van der Waals surface area contributed by atoms with Crippen LogP contribution in [0.15, 0.2) is 12.1 Å². The van der Waals surface area contributed by atoms with Gasteiger partial charge in [0.05, 0.1) is 6.42 Å². The molecule has 0 aliphatic carbocycles. The van der Waals surface area contributed by atoms with Gasteiger partial charge in [0, 0.05) is 11.1 Å². The molecule has 0 aromatic heterocycles. The fraction of sp³-hybridized carbons (Fsp3) is 0.538. The summed E-state index contributed by atoms with van der Waals surface area (Å²) in [7, 11) is 0. The summed E-state index contributed by atoms with van der Waals surface area (Å²) in [4.78, 5) is 0. The fourth-order valence-corrected chi connectivity index (χ4v) is 2.07. The van der Waals surface area contributed by atoms with Gasteiger partial charge in [0.2, 0.25) is 0 Å². The van der Waals surface area contributed by atoms with Gasteiger partial charge in [-0.3, -0.25) is 0 Å². The number of rotatable bonds is 5. The van der Waals surface area contributed by atoms with Crippen LogP contribution < -0.4 is 5.32 Å². The van der Waals surface area contributed by atoms with Crippen molar-refractivity contribution in [3.05, 3.63) is 34.1 Å². The highest BCUT2D eigenvalue weighted by Gasteiger charge is 2.33. The molecule has 0 fully saturated rings. The number of halogens is 5. The van der Waals surface area contributed by atoms with E-state index in [0.717, 1.165) is 6.07 Å². The Morgan fingerprint density at radius 2 is 1.95 bits per heavy atom. The maximum atomic E-state index is 13.3. The third-order valence-corrected chi connectivity index (χ3v) is 3.06. The molecule has 0 spiro atoms. The second-order valence-electron chi connectivity index (χ2n) is 4.45. The Bertz CT molecular complexity index is 431. The maximum Gasteiger partial charge on any atom is 0.390 e. The number of alkyl halides is 3. The predicted octanol–water partition coefficient (Wildman–Crippen LogP) is 4.78. The molecule has 0 heterocycles. The molecule has 1 rings (SSSR count). The minimum Gasteiger partial charge on any atom is -0.310 e. The van der Waals surface area contributed by atoms with Gasteiger partial charge >= 0.3 is 6.18 Å². The Hall–Kier alpha value is -0.810. The van der Waals surface area contributed by atoms with E-state index in [-0.39, 0.29) is 16.1 Å². The first-order valence-electron chi connectivity index (χ1n) is 6.00. The Morgan fingerprint density at radius 1 is 1.32 bits per heavy atom. The standard InChI is InChI=1S/C13H16ClF4N/c1-3-4-19-12(7-13(16,17)18)9-5-8(2)11(15)6-10(9)14/h5-6,12,19H,3-4,7H2,1-2H3. The van der Waals surface area contributed by atoms with Crippen LogP contribution in [0.4, 0.5) is 17.6 Å². The maximum absolute atomic E-state index is 13.3. The minimum atomic E-state index is -4.31. The zero-order valence-electron chi connectivity index (χ0n) is 10.7. The summed E-state index contributed by atoms with van der Waals surface area (Å²) in [6, 6.07) is 1.48. The number of hydrogen-bond donors (Lipinski definition) is 1. The first kappa shape index (κ1) is 16.2. The molecule has 0 radical (unpaired) electrons. The summed E-state index contributed by atoms with van der Waals surface area (Å²) in [6.45, 7) is 3.79. The van der Waals surface area contributed by atoms with Crippen LogP contribution in [0.25, 0.3) is 0 Å². The van der Waals surface area contributed by atoms with Crippen LogP contribution in [-0.2, 0) is 0 Å². The van der Waals surface area contributed by atoms with Crippen molar-refractivity contribution in [2.24, 2.45) is 0 Å². The van der Waals surface area contributed by atoms with E-state index in [9.17, 15) is 17.6 Å². The smallest absolute Gasteiger partial charge is 0.310 e. The molecule has 6 heteroatoms. The second kappa shape index (κ2) is 6.57. The van der Waals surface area contributed by atoms with E-state index < -0.39 is 24.5 Å². The van der Waals surface area contributed by atoms with Gasteiger partial charge in [-0.2, -0.15) is 13.2 Å². The van der Waals surface area contributed by atoms with Crippen molar-refractivity contribution in [3.63, 3.8) is 0 Å². The normalized spacial score (nSPS) is 13.6. The molecule has 0 bridgehead atoms. The zero-order chi connectivity index (χ0) is 14.6. The molecule has 1 atom stereocenters. The topological polar surface area (TPSA) is 12.0 Å². The summed E-state index contributed by atoms with van der Waals surface area (Å²) in [5.41, 5.74) is 0.566. The summed E-state index contributed by atoms with van der Waals surface area (Å²) in [5, 5.41) is 2.82. The molecule has 108 valence electrons. The van der Waals surface area contributed by atoms with Crippen LogP contribution in [0.1, 0.15) is 36.9 Å². The average Bonchev–Trinajstić information content (AvgIpc) is 2.28. The highest BCUT2D eigenvalue weighted by molar-refractivity contribution is 6.31. The molecule has 19 heavy (non-hydrogen) atoms. The SMILES string of the molecule is CCCNC(CC(F)(F)F)c1cc(C)c(F)cc1Cl. The van der Waals surface area contributed by atoms with E-state index in [0.29, 0.717) is 13.0 Å². The van der Waals surface area contributed by atoms with Gasteiger partial charge < -0.3 is 5.32 Å². The summed E-state index contributed by atoms with van der Waals surface area (Å²) >= 11 is 5.86. The molecular weight excluding hydrogens is 282 g/mol. The van der Waals surface area contributed by atoms with Gasteiger partial charge in [-0.15, -0.1) is 0 Å². The van der Waals surface area contributed by atoms with Gasteiger partial charge in [0.25, 0.3) is 0 Å². The first-order valence-corrected chi connectivity index (χ1v) is 6.38. The highest BCUT2D eigenvalue weighted by atomic mass is 35.5. The Labute approximate surface area is 115 Å². The highest BCUT2D eigenvalue weighted by Crippen LogP contribution is 2.34. The van der Waals surface area contributed by atoms with Crippen molar-refractivity contribution in [1.29, 1.82) is 0 Å². The van der Waals surface area contributed by atoms with Gasteiger partial charge in [-0.05, 0) is 37.1 Å². The number of aryl methyl sites for hydroxylation is 1. The lowest BCUT2D eigenvalue weighted by molar-refractivity contribution is -0.140. The number of hydrogen-bond acceptors (Lipinski definition) is 1. The first-order chi connectivity index (χ1) is 8.74. The van der Waals surface area contributed by atoms with E-state index in [1.54, 1.807) is 0 Å². The van der Waals surface area contributed by atoms with Crippen LogP contribution >= 0.6 is 11.6 Å².